The Morgan fingerprint density at radius 2 is 0.774 bits per heavy atom. The van der Waals surface area contributed by atoms with Crippen LogP contribution in [-0.4, -0.2) is 12.2 Å². The van der Waals surface area contributed by atoms with E-state index in [9.17, 15) is 9.59 Å². The van der Waals surface area contributed by atoms with Gasteiger partial charge in [-0.3, -0.25) is 0 Å². The predicted octanol–water partition coefficient (Wildman–Crippen LogP) is 6.00. The van der Waals surface area contributed by atoms with E-state index in [2.05, 4.69) is 34.3 Å². The van der Waals surface area contributed by atoms with Crippen molar-refractivity contribution in [1.29, 1.82) is 0 Å². The molecule has 0 atom stereocenters. The molecule has 0 unspecified atom stereocenters. The normalized spacial score (nSPS) is 10.6. The Morgan fingerprint density at radius 3 is 1.10 bits per heavy atom. The molecule has 148 valence electrons. The second kappa shape index (κ2) is 8.98. The quantitative estimate of drug-likeness (QED) is 0.225. The molecule has 0 aliphatic carbocycles. The van der Waals surface area contributed by atoms with Gasteiger partial charge >= 0.3 is 0 Å². The first-order valence-corrected chi connectivity index (χ1v) is 9.77. The molecule has 4 nitrogen and oxygen atoms in total. The van der Waals surface area contributed by atoms with Gasteiger partial charge in [0.25, 0.3) is 0 Å². The first-order chi connectivity index (χ1) is 15.3. The van der Waals surface area contributed by atoms with Gasteiger partial charge in [0.1, 0.15) is 0 Å². The maximum Gasteiger partial charge on any atom is 0.240 e. The maximum absolute atomic E-state index is 10.7. The van der Waals surface area contributed by atoms with Crippen molar-refractivity contribution in [1.82, 2.24) is 0 Å². The lowest BCUT2D eigenvalue weighted by atomic mass is 9.65. The molecule has 4 aromatic carbocycles. The van der Waals surface area contributed by atoms with E-state index in [0.717, 1.165) is 22.3 Å². The third-order valence-corrected chi connectivity index (χ3v) is 5.36. The summed E-state index contributed by atoms with van der Waals surface area (Å²) in [5.74, 6) is 0. The highest BCUT2D eigenvalue weighted by atomic mass is 16.1. The average molecular weight is 402 g/mol. The average Bonchev–Trinajstić information content (AvgIpc) is 2.83. The highest BCUT2D eigenvalue weighted by molar-refractivity contribution is 5.63. The molecule has 0 heterocycles. The van der Waals surface area contributed by atoms with Crippen molar-refractivity contribution in [2.45, 2.75) is 5.41 Å². The molecule has 0 fully saturated rings. The van der Waals surface area contributed by atoms with Crippen LogP contribution in [0.15, 0.2) is 119 Å². The summed E-state index contributed by atoms with van der Waals surface area (Å²) in [6.45, 7) is 0. The van der Waals surface area contributed by atoms with E-state index in [4.69, 9.17) is 0 Å². The van der Waals surface area contributed by atoms with E-state index in [1.807, 2.05) is 84.9 Å². The minimum Gasteiger partial charge on any atom is -0.211 e. The van der Waals surface area contributed by atoms with Crippen LogP contribution >= 0.6 is 0 Å². The molecule has 4 rings (SSSR count). The van der Waals surface area contributed by atoms with Crippen molar-refractivity contribution in [3.05, 3.63) is 131 Å². The van der Waals surface area contributed by atoms with Crippen LogP contribution in [0.25, 0.3) is 0 Å². The fourth-order valence-corrected chi connectivity index (χ4v) is 4.05. The standard InChI is InChI=1S/C27H18N2O2/c30-19-28-25-15-11-23(12-16-25)27(21-7-3-1-4-8-21,22-9-5-2-6-10-22)24-13-17-26(18-14-24)29-20-31/h1-18H. The number of nitrogens with zero attached hydrogens (tertiary/aromatic N) is 2. The van der Waals surface area contributed by atoms with E-state index >= 15 is 0 Å². The van der Waals surface area contributed by atoms with Gasteiger partial charge < -0.3 is 0 Å². The smallest absolute Gasteiger partial charge is 0.211 e. The Labute approximate surface area is 180 Å². The van der Waals surface area contributed by atoms with Gasteiger partial charge in [0, 0.05) is 0 Å². The summed E-state index contributed by atoms with van der Waals surface area (Å²) < 4.78 is 0. The number of rotatable bonds is 6. The molecule has 0 spiro atoms. The van der Waals surface area contributed by atoms with Crippen molar-refractivity contribution >= 4 is 23.5 Å². The molecule has 0 saturated heterocycles. The van der Waals surface area contributed by atoms with Crippen LogP contribution in [0.1, 0.15) is 22.3 Å². The highest BCUT2D eigenvalue weighted by Gasteiger charge is 2.38. The topological polar surface area (TPSA) is 58.9 Å². The van der Waals surface area contributed by atoms with Crippen molar-refractivity contribution in [2.75, 3.05) is 0 Å². The van der Waals surface area contributed by atoms with Crippen molar-refractivity contribution in [3.63, 3.8) is 0 Å². The number of benzene rings is 4. The number of hydrogen-bond donors (Lipinski definition) is 0. The fourth-order valence-electron chi connectivity index (χ4n) is 4.05. The van der Waals surface area contributed by atoms with E-state index in [1.54, 1.807) is 12.2 Å². The first-order valence-electron chi connectivity index (χ1n) is 9.77. The zero-order chi connectivity index (χ0) is 21.5. The Morgan fingerprint density at radius 1 is 0.452 bits per heavy atom. The van der Waals surface area contributed by atoms with Crippen molar-refractivity contribution in [2.24, 2.45) is 9.98 Å². The fraction of sp³-hybridized carbons (Fsp3) is 0.0370. The number of aliphatic imine (C=N–C) groups is 2. The number of isocyanates is 2. The van der Waals surface area contributed by atoms with Gasteiger partial charge in [-0.1, -0.05) is 84.9 Å². The van der Waals surface area contributed by atoms with Crippen LogP contribution in [0.4, 0.5) is 11.4 Å². The molecule has 0 aliphatic rings. The van der Waals surface area contributed by atoms with Crippen LogP contribution in [0.3, 0.4) is 0 Å². The molecular weight excluding hydrogens is 384 g/mol. The van der Waals surface area contributed by atoms with Crippen LogP contribution in [0.2, 0.25) is 0 Å². The highest BCUT2D eigenvalue weighted by Crippen LogP contribution is 2.45. The SMILES string of the molecule is O=C=Nc1ccc(C(c2ccccc2)(c2ccccc2)c2ccc(N=C=O)cc2)cc1. The molecule has 4 heteroatoms. The lowest BCUT2D eigenvalue weighted by molar-refractivity contribution is 0.564. The molecule has 0 amide bonds. The van der Waals surface area contributed by atoms with Crippen LogP contribution in [-0.2, 0) is 15.0 Å². The maximum atomic E-state index is 10.7. The summed E-state index contributed by atoms with van der Waals surface area (Å²) in [6.07, 6.45) is 3.18. The van der Waals surface area contributed by atoms with Crippen LogP contribution < -0.4 is 0 Å². The minimum absolute atomic E-state index is 0.546. The molecule has 31 heavy (non-hydrogen) atoms. The van der Waals surface area contributed by atoms with Gasteiger partial charge in [0.2, 0.25) is 12.2 Å². The number of hydrogen-bond acceptors (Lipinski definition) is 4. The summed E-state index contributed by atoms with van der Waals surface area (Å²) in [5, 5.41) is 0. The zero-order valence-corrected chi connectivity index (χ0v) is 16.6. The van der Waals surface area contributed by atoms with Gasteiger partial charge in [-0.05, 0) is 46.5 Å². The Hall–Kier alpha value is -4.36. The molecule has 0 bridgehead atoms. The molecular formula is C27H18N2O2. The van der Waals surface area contributed by atoms with Crippen molar-refractivity contribution < 1.29 is 9.59 Å². The molecule has 0 radical (unpaired) electrons. The monoisotopic (exact) mass is 402 g/mol. The molecule has 0 N–H and O–H groups in total. The Balaban J connectivity index is 2.06. The van der Waals surface area contributed by atoms with E-state index in [1.165, 1.54) is 0 Å². The van der Waals surface area contributed by atoms with Gasteiger partial charge in [-0.15, -0.1) is 0 Å². The molecule has 0 aliphatic heterocycles. The lowest BCUT2D eigenvalue weighted by Crippen LogP contribution is -2.30. The summed E-state index contributed by atoms with van der Waals surface area (Å²) in [4.78, 5) is 28.8. The third-order valence-electron chi connectivity index (χ3n) is 5.36. The van der Waals surface area contributed by atoms with Gasteiger partial charge in [0.15, 0.2) is 0 Å². The summed E-state index contributed by atoms with van der Waals surface area (Å²) in [6, 6.07) is 35.6. The van der Waals surface area contributed by atoms with E-state index in [-0.39, 0.29) is 0 Å². The second-order valence-electron chi connectivity index (χ2n) is 6.98. The Bertz CT molecular complexity index is 1150. The largest absolute Gasteiger partial charge is 0.240 e. The molecule has 0 saturated carbocycles. The van der Waals surface area contributed by atoms with Gasteiger partial charge in [0.05, 0.1) is 16.8 Å². The second-order valence-corrected chi connectivity index (χ2v) is 6.98. The van der Waals surface area contributed by atoms with E-state index in [0.29, 0.717) is 11.4 Å². The third kappa shape index (κ3) is 3.77. The minimum atomic E-state index is -0.630. The van der Waals surface area contributed by atoms with Gasteiger partial charge in [-0.2, -0.15) is 9.98 Å². The van der Waals surface area contributed by atoms with Crippen molar-refractivity contribution in [3.8, 4) is 0 Å². The summed E-state index contributed by atoms with van der Waals surface area (Å²) in [5.41, 5.74) is 4.66. The number of carbonyl (C=O) groups excluding carboxylic acids is 2. The predicted molar refractivity (Wildman–Crippen MR) is 120 cm³/mol. The molecule has 4 aromatic rings. The summed E-state index contributed by atoms with van der Waals surface area (Å²) in [7, 11) is 0. The molecule has 0 aromatic heterocycles. The van der Waals surface area contributed by atoms with Gasteiger partial charge in [-0.25, -0.2) is 9.59 Å². The zero-order valence-electron chi connectivity index (χ0n) is 16.6. The lowest BCUT2D eigenvalue weighted by Gasteiger charge is -2.37. The van der Waals surface area contributed by atoms with Crippen LogP contribution in [0, 0.1) is 0 Å². The first kappa shape index (κ1) is 19.9. The summed E-state index contributed by atoms with van der Waals surface area (Å²) >= 11 is 0. The Kier molecular flexibility index (Phi) is 5.77. The van der Waals surface area contributed by atoms with Crippen LogP contribution in [0.5, 0.6) is 0 Å². The van der Waals surface area contributed by atoms with E-state index < -0.39 is 5.41 Å².